The van der Waals surface area contributed by atoms with Crippen LogP contribution >= 0.6 is 0 Å². The van der Waals surface area contributed by atoms with Crippen molar-refractivity contribution in [2.75, 3.05) is 45.9 Å². The molecule has 0 bridgehead atoms. The summed E-state index contributed by atoms with van der Waals surface area (Å²) in [6.45, 7) is 5.05. The Kier molecular flexibility index (Phi) is 7.22. The molecule has 0 radical (unpaired) electrons. The predicted octanol–water partition coefficient (Wildman–Crippen LogP) is 2.47. The molecule has 0 spiro atoms. The van der Waals surface area contributed by atoms with Gasteiger partial charge in [-0.25, -0.2) is 0 Å². The molecule has 1 aromatic carbocycles. The highest BCUT2D eigenvalue weighted by atomic mass is 16.5. The average molecular weight is 253 g/mol. The average Bonchev–Trinajstić information content (AvgIpc) is 2.39. The molecule has 0 amide bonds. The van der Waals surface area contributed by atoms with Crippen LogP contribution in [0, 0.1) is 6.92 Å². The van der Waals surface area contributed by atoms with E-state index in [4.69, 9.17) is 14.2 Å². The molecule has 4 heteroatoms. The molecular weight excluding hydrogens is 230 g/mol. The molecule has 0 aromatic heterocycles. The van der Waals surface area contributed by atoms with Gasteiger partial charge < -0.3 is 19.5 Å². The largest absolute Gasteiger partial charge is 0.497 e. The Hall–Kier alpha value is -1.26. The van der Waals surface area contributed by atoms with Crippen LogP contribution in [0.3, 0.4) is 0 Å². The summed E-state index contributed by atoms with van der Waals surface area (Å²) in [4.78, 5) is 0. The lowest BCUT2D eigenvalue weighted by atomic mass is 10.2. The Balaban J connectivity index is 2.22. The zero-order chi connectivity index (χ0) is 13.2. The van der Waals surface area contributed by atoms with Crippen molar-refractivity contribution in [3.8, 4) is 5.75 Å². The van der Waals surface area contributed by atoms with E-state index in [0.717, 1.165) is 37.6 Å². The van der Waals surface area contributed by atoms with Gasteiger partial charge in [0, 0.05) is 38.6 Å². The first-order valence-corrected chi connectivity index (χ1v) is 6.23. The molecule has 4 nitrogen and oxygen atoms in total. The van der Waals surface area contributed by atoms with Gasteiger partial charge in [-0.2, -0.15) is 0 Å². The quantitative estimate of drug-likeness (QED) is 0.686. The van der Waals surface area contributed by atoms with Gasteiger partial charge in [0.05, 0.1) is 13.7 Å². The Bertz CT molecular complexity index is 342. The van der Waals surface area contributed by atoms with E-state index in [1.54, 1.807) is 14.2 Å². The van der Waals surface area contributed by atoms with Crippen LogP contribution in [0.15, 0.2) is 18.2 Å². The summed E-state index contributed by atoms with van der Waals surface area (Å²) >= 11 is 0. The lowest BCUT2D eigenvalue weighted by Gasteiger charge is -2.11. The maximum absolute atomic E-state index is 5.48. The number of hydrogen-bond donors (Lipinski definition) is 1. The van der Waals surface area contributed by atoms with Gasteiger partial charge in [0.15, 0.2) is 0 Å². The van der Waals surface area contributed by atoms with Crippen molar-refractivity contribution in [3.63, 3.8) is 0 Å². The molecule has 0 aliphatic heterocycles. The fraction of sp³-hybridized carbons (Fsp3) is 0.571. The molecule has 1 rings (SSSR count). The molecule has 0 fully saturated rings. The normalized spacial score (nSPS) is 10.4. The first-order valence-electron chi connectivity index (χ1n) is 6.23. The number of aryl methyl sites for hydroxylation is 1. The summed E-state index contributed by atoms with van der Waals surface area (Å²) in [6, 6.07) is 6.00. The summed E-state index contributed by atoms with van der Waals surface area (Å²) in [5.41, 5.74) is 2.30. The van der Waals surface area contributed by atoms with Crippen molar-refractivity contribution >= 4 is 5.69 Å². The maximum Gasteiger partial charge on any atom is 0.120 e. The second-order valence-electron chi connectivity index (χ2n) is 4.07. The Labute approximate surface area is 109 Å². The van der Waals surface area contributed by atoms with Crippen molar-refractivity contribution in [1.82, 2.24) is 0 Å². The van der Waals surface area contributed by atoms with E-state index in [1.807, 2.05) is 18.2 Å². The highest BCUT2D eigenvalue weighted by molar-refractivity contribution is 5.54. The van der Waals surface area contributed by atoms with Gasteiger partial charge >= 0.3 is 0 Å². The first kappa shape index (κ1) is 14.8. The van der Waals surface area contributed by atoms with Crippen LogP contribution in [0.2, 0.25) is 0 Å². The molecule has 1 aromatic rings. The number of methoxy groups -OCH3 is 2. The number of hydrogen-bond acceptors (Lipinski definition) is 4. The monoisotopic (exact) mass is 253 g/mol. The fourth-order valence-electron chi connectivity index (χ4n) is 1.58. The summed E-state index contributed by atoms with van der Waals surface area (Å²) < 4.78 is 15.6. The van der Waals surface area contributed by atoms with Crippen molar-refractivity contribution in [3.05, 3.63) is 23.8 Å². The number of rotatable bonds is 9. The number of ether oxygens (including phenoxy) is 3. The van der Waals surface area contributed by atoms with Gasteiger partial charge in [0.2, 0.25) is 0 Å². The molecule has 0 heterocycles. The molecule has 0 saturated carbocycles. The molecule has 0 saturated heterocycles. The minimum Gasteiger partial charge on any atom is -0.497 e. The van der Waals surface area contributed by atoms with Crippen molar-refractivity contribution < 1.29 is 14.2 Å². The number of nitrogens with one attached hydrogen (secondary N) is 1. The van der Waals surface area contributed by atoms with Gasteiger partial charge in [-0.05, 0) is 25.0 Å². The van der Waals surface area contributed by atoms with Crippen LogP contribution in [0.25, 0.3) is 0 Å². The van der Waals surface area contributed by atoms with Crippen LogP contribution in [0.5, 0.6) is 5.75 Å². The van der Waals surface area contributed by atoms with Gasteiger partial charge in [-0.3, -0.25) is 0 Å². The first-order chi connectivity index (χ1) is 8.77. The molecule has 0 aliphatic rings. The minimum atomic E-state index is 0.695. The summed E-state index contributed by atoms with van der Waals surface area (Å²) in [5, 5.41) is 3.34. The van der Waals surface area contributed by atoms with Crippen LogP contribution in [-0.2, 0) is 9.47 Å². The SMILES string of the molecule is COCCCOCCNc1cc(OC)ccc1C. The Morgan fingerprint density at radius 2 is 1.94 bits per heavy atom. The van der Waals surface area contributed by atoms with Gasteiger partial charge in [-0.1, -0.05) is 6.07 Å². The van der Waals surface area contributed by atoms with Crippen molar-refractivity contribution in [2.45, 2.75) is 13.3 Å². The van der Waals surface area contributed by atoms with E-state index in [9.17, 15) is 0 Å². The van der Waals surface area contributed by atoms with Crippen LogP contribution in [0.1, 0.15) is 12.0 Å². The molecule has 0 atom stereocenters. The second kappa shape index (κ2) is 8.78. The van der Waals surface area contributed by atoms with E-state index in [1.165, 1.54) is 5.56 Å². The second-order valence-corrected chi connectivity index (χ2v) is 4.07. The number of anilines is 1. The third kappa shape index (κ3) is 5.38. The zero-order valence-corrected chi connectivity index (χ0v) is 11.5. The molecule has 102 valence electrons. The van der Waals surface area contributed by atoms with E-state index >= 15 is 0 Å². The standard InChI is InChI=1S/C14H23NO3/c1-12-5-6-13(17-3)11-14(12)15-7-10-18-9-4-8-16-2/h5-6,11,15H,4,7-10H2,1-3H3. The zero-order valence-electron chi connectivity index (χ0n) is 11.5. The Morgan fingerprint density at radius 1 is 1.11 bits per heavy atom. The lowest BCUT2D eigenvalue weighted by molar-refractivity contribution is 0.109. The van der Waals surface area contributed by atoms with Crippen molar-refractivity contribution in [2.24, 2.45) is 0 Å². The Morgan fingerprint density at radius 3 is 2.67 bits per heavy atom. The van der Waals surface area contributed by atoms with Gasteiger partial charge in [0.1, 0.15) is 5.75 Å². The highest BCUT2D eigenvalue weighted by Gasteiger charge is 1.99. The molecular formula is C14H23NO3. The summed E-state index contributed by atoms with van der Waals surface area (Å²) in [5.74, 6) is 0.865. The van der Waals surface area contributed by atoms with E-state index in [-0.39, 0.29) is 0 Å². The van der Waals surface area contributed by atoms with Gasteiger partial charge in [0.25, 0.3) is 0 Å². The fourth-order valence-corrected chi connectivity index (χ4v) is 1.58. The molecule has 1 N–H and O–H groups in total. The minimum absolute atomic E-state index is 0.695. The summed E-state index contributed by atoms with van der Waals surface area (Å²) in [6.07, 6.45) is 0.939. The van der Waals surface area contributed by atoms with E-state index in [0.29, 0.717) is 6.61 Å². The number of benzene rings is 1. The molecule has 18 heavy (non-hydrogen) atoms. The van der Waals surface area contributed by atoms with E-state index in [2.05, 4.69) is 12.2 Å². The third-order valence-corrected chi connectivity index (χ3v) is 2.64. The third-order valence-electron chi connectivity index (χ3n) is 2.64. The van der Waals surface area contributed by atoms with Crippen molar-refractivity contribution in [1.29, 1.82) is 0 Å². The topological polar surface area (TPSA) is 39.7 Å². The predicted molar refractivity (Wildman–Crippen MR) is 73.5 cm³/mol. The van der Waals surface area contributed by atoms with Crippen LogP contribution < -0.4 is 10.1 Å². The molecule has 0 aliphatic carbocycles. The highest BCUT2D eigenvalue weighted by Crippen LogP contribution is 2.21. The van der Waals surface area contributed by atoms with E-state index < -0.39 is 0 Å². The maximum atomic E-state index is 5.48. The smallest absolute Gasteiger partial charge is 0.120 e. The molecule has 0 unspecified atom stereocenters. The van der Waals surface area contributed by atoms with Crippen LogP contribution in [0.4, 0.5) is 5.69 Å². The van der Waals surface area contributed by atoms with Gasteiger partial charge in [-0.15, -0.1) is 0 Å². The lowest BCUT2D eigenvalue weighted by Crippen LogP contribution is -2.11. The van der Waals surface area contributed by atoms with Crippen LogP contribution in [-0.4, -0.2) is 40.6 Å². The summed E-state index contributed by atoms with van der Waals surface area (Å²) in [7, 11) is 3.38.